The molecule has 1 N–H and O–H groups in total. The van der Waals surface area contributed by atoms with E-state index in [0.717, 1.165) is 0 Å². The van der Waals surface area contributed by atoms with E-state index in [1.807, 2.05) is 27.7 Å². The van der Waals surface area contributed by atoms with Gasteiger partial charge in [0.1, 0.15) is 12.1 Å². The van der Waals surface area contributed by atoms with E-state index in [0.29, 0.717) is 19.0 Å². The van der Waals surface area contributed by atoms with Crippen LogP contribution in [0.25, 0.3) is 0 Å². The maximum absolute atomic E-state index is 13.5. The van der Waals surface area contributed by atoms with Gasteiger partial charge in [-0.3, -0.25) is 9.59 Å². The van der Waals surface area contributed by atoms with Crippen LogP contribution in [-0.2, 0) is 6.54 Å². The maximum Gasteiger partial charge on any atom is 0.273 e. The summed E-state index contributed by atoms with van der Waals surface area (Å²) in [6.07, 6.45) is 1.28. The Morgan fingerprint density at radius 2 is 1.96 bits per heavy atom. The minimum Gasteiger partial charge on any atom is -0.446 e. The Morgan fingerprint density at radius 3 is 2.59 bits per heavy atom. The van der Waals surface area contributed by atoms with Gasteiger partial charge in [-0.25, -0.2) is 9.37 Å². The molecule has 146 valence electrons. The summed E-state index contributed by atoms with van der Waals surface area (Å²) in [6.45, 7) is 9.04. The van der Waals surface area contributed by atoms with Gasteiger partial charge in [0, 0.05) is 18.7 Å². The quantitative estimate of drug-likeness (QED) is 0.766. The lowest BCUT2D eigenvalue weighted by atomic mass is 10.1. The van der Waals surface area contributed by atoms with Crippen LogP contribution in [0.5, 0.6) is 0 Å². The van der Waals surface area contributed by atoms with Crippen LogP contribution in [-0.4, -0.2) is 34.8 Å². The number of aromatic nitrogens is 1. The third-order valence-corrected chi connectivity index (χ3v) is 3.73. The van der Waals surface area contributed by atoms with Gasteiger partial charge in [0.2, 0.25) is 5.89 Å². The molecule has 0 unspecified atom stereocenters. The molecule has 1 aromatic heterocycles. The Bertz CT molecular complexity index is 786. The SMILES string of the molecule is CC(C)CNC(=O)c1coc(CN(CC(C)C)C(=O)c2cccc(F)c2)n1. The van der Waals surface area contributed by atoms with Crippen molar-refractivity contribution in [3.63, 3.8) is 0 Å². The molecule has 1 heterocycles. The zero-order valence-electron chi connectivity index (χ0n) is 16.2. The Balaban J connectivity index is 2.12. The van der Waals surface area contributed by atoms with Crippen molar-refractivity contribution in [2.45, 2.75) is 34.2 Å². The van der Waals surface area contributed by atoms with E-state index in [1.165, 1.54) is 24.5 Å². The second-order valence-electron chi connectivity index (χ2n) is 7.32. The van der Waals surface area contributed by atoms with E-state index in [4.69, 9.17) is 4.42 Å². The van der Waals surface area contributed by atoms with Crippen LogP contribution in [0.1, 0.15) is 54.4 Å². The first-order chi connectivity index (χ1) is 12.8. The third-order valence-electron chi connectivity index (χ3n) is 3.73. The highest BCUT2D eigenvalue weighted by Gasteiger charge is 2.21. The summed E-state index contributed by atoms with van der Waals surface area (Å²) in [5.74, 6) is -0.310. The third kappa shape index (κ3) is 6.20. The predicted molar refractivity (Wildman–Crippen MR) is 99.7 cm³/mol. The first-order valence-electron chi connectivity index (χ1n) is 9.03. The van der Waals surface area contributed by atoms with Crippen molar-refractivity contribution in [2.75, 3.05) is 13.1 Å². The van der Waals surface area contributed by atoms with Crippen molar-refractivity contribution >= 4 is 11.8 Å². The van der Waals surface area contributed by atoms with Crippen molar-refractivity contribution in [2.24, 2.45) is 11.8 Å². The van der Waals surface area contributed by atoms with Gasteiger partial charge in [-0.15, -0.1) is 0 Å². The maximum atomic E-state index is 13.5. The number of halogens is 1. The zero-order valence-corrected chi connectivity index (χ0v) is 16.2. The van der Waals surface area contributed by atoms with E-state index < -0.39 is 5.82 Å². The minimum absolute atomic E-state index is 0.102. The zero-order chi connectivity index (χ0) is 20.0. The molecule has 0 saturated heterocycles. The molecule has 0 aliphatic carbocycles. The van der Waals surface area contributed by atoms with Crippen molar-refractivity contribution < 1.29 is 18.4 Å². The predicted octanol–water partition coefficient (Wildman–Crippen LogP) is 3.50. The van der Waals surface area contributed by atoms with E-state index in [1.54, 1.807) is 11.0 Å². The van der Waals surface area contributed by atoms with E-state index >= 15 is 0 Å². The molecule has 2 aromatic rings. The molecule has 0 aliphatic heterocycles. The topological polar surface area (TPSA) is 75.4 Å². The van der Waals surface area contributed by atoms with Crippen molar-refractivity contribution in [1.82, 2.24) is 15.2 Å². The lowest BCUT2D eigenvalue weighted by Gasteiger charge is -2.23. The van der Waals surface area contributed by atoms with Gasteiger partial charge in [-0.2, -0.15) is 0 Å². The van der Waals surface area contributed by atoms with Crippen molar-refractivity contribution in [3.05, 3.63) is 53.5 Å². The molecule has 0 bridgehead atoms. The molecular weight excluding hydrogens is 349 g/mol. The number of rotatable bonds is 8. The number of carbonyl (C=O) groups is 2. The summed E-state index contributed by atoms with van der Waals surface area (Å²) in [5, 5.41) is 2.77. The summed E-state index contributed by atoms with van der Waals surface area (Å²) < 4.78 is 18.8. The summed E-state index contributed by atoms with van der Waals surface area (Å²) in [6, 6.07) is 5.56. The molecular formula is C20H26FN3O3. The summed E-state index contributed by atoms with van der Waals surface area (Å²) in [4.78, 5) is 30.6. The fourth-order valence-electron chi connectivity index (χ4n) is 2.50. The number of hydrogen-bond acceptors (Lipinski definition) is 4. The van der Waals surface area contributed by atoms with Crippen molar-refractivity contribution in [1.29, 1.82) is 0 Å². The van der Waals surface area contributed by atoms with E-state index in [-0.39, 0.29) is 41.4 Å². The van der Waals surface area contributed by atoms with Gasteiger partial charge in [-0.05, 0) is 30.0 Å². The number of hydrogen-bond donors (Lipinski definition) is 1. The van der Waals surface area contributed by atoms with Crippen LogP contribution in [0.2, 0.25) is 0 Å². The monoisotopic (exact) mass is 375 g/mol. The summed E-state index contributed by atoms with van der Waals surface area (Å²) in [7, 11) is 0. The Morgan fingerprint density at radius 1 is 1.22 bits per heavy atom. The van der Waals surface area contributed by atoms with Crippen molar-refractivity contribution in [3.8, 4) is 0 Å². The highest BCUT2D eigenvalue weighted by Crippen LogP contribution is 2.14. The lowest BCUT2D eigenvalue weighted by Crippen LogP contribution is -2.34. The fraction of sp³-hybridized carbons (Fsp3) is 0.450. The van der Waals surface area contributed by atoms with Gasteiger partial charge < -0.3 is 14.6 Å². The number of nitrogens with one attached hydrogen (secondary N) is 1. The second-order valence-corrected chi connectivity index (χ2v) is 7.32. The molecule has 0 spiro atoms. The van der Waals surface area contributed by atoms with Crippen LogP contribution < -0.4 is 5.32 Å². The largest absolute Gasteiger partial charge is 0.446 e. The van der Waals surface area contributed by atoms with E-state index in [2.05, 4.69) is 10.3 Å². The fourth-order valence-corrected chi connectivity index (χ4v) is 2.50. The van der Waals surface area contributed by atoms with Gasteiger partial charge in [0.25, 0.3) is 11.8 Å². The molecule has 0 fully saturated rings. The molecule has 0 saturated carbocycles. The van der Waals surface area contributed by atoms with E-state index in [9.17, 15) is 14.0 Å². The van der Waals surface area contributed by atoms with Gasteiger partial charge in [0.15, 0.2) is 5.69 Å². The molecule has 2 amide bonds. The Kier molecular flexibility index (Phi) is 7.10. The number of amides is 2. The number of nitrogens with zero attached hydrogens (tertiary/aromatic N) is 2. The number of carbonyl (C=O) groups excluding carboxylic acids is 2. The Hall–Kier alpha value is -2.70. The average molecular weight is 375 g/mol. The normalized spacial score (nSPS) is 11.1. The molecule has 0 radical (unpaired) electrons. The molecule has 6 nitrogen and oxygen atoms in total. The van der Waals surface area contributed by atoms with Gasteiger partial charge >= 0.3 is 0 Å². The standard InChI is InChI=1S/C20H26FN3O3/c1-13(2)9-22-19(25)17-12-27-18(23-17)11-24(10-14(3)4)20(26)15-6-5-7-16(21)8-15/h5-8,12-14H,9-11H2,1-4H3,(H,22,25). The molecule has 2 rings (SSSR count). The van der Waals surface area contributed by atoms with Gasteiger partial charge in [0.05, 0.1) is 6.54 Å². The highest BCUT2D eigenvalue weighted by atomic mass is 19.1. The lowest BCUT2D eigenvalue weighted by molar-refractivity contribution is 0.0706. The molecule has 0 aliphatic rings. The molecule has 7 heteroatoms. The molecule has 0 atom stereocenters. The Labute approximate surface area is 158 Å². The van der Waals surface area contributed by atoms with Crippen LogP contribution >= 0.6 is 0 Å². The smallest absolute Gasteiger partial charge is 0.273 e. The first kappa shape index (κ1) is 20.6. The van der Waals surface area contributed by atoms with Crippen LogP contribution in [0.15, 0.2) is 34.9 Å². The summed E-state index contributed by atoms with van der Waals surface area (Å²) in [5.41, 5.74) is 0.436. The van der Waals surface area contributed by atoms with Crippen LogP contribution in [0.4, 0.5) is 4.39 Å². The first-order valence-corrected chi connectivity index (χ1v) is 9.03. The molecule has 27 heavy (non-hydrogen) atoms. The average Bonchev–Trinajstić information content (AvgIpc) is 3.06. The summed E-state index contributed by atoms with van der Waals surface area (Å²) >= 11 is 0. The molecule has 1 aromatic carbocycles. The number of benzene rings is 1. The van der Waals surface area contributed by atoms with Crippen LogP contribution in [0, 0.1) is 17.7 Å². The second kappa shape index (κ2) is 9.30. The van der Waals surface area contributed by atoms with Gasteiger partial charge in [-0.1, -0.05) is 33.8 Å². The minimum atomic E-state index is -0.467. The highest BCUT2D eigenvalue weighted by molar-refractivity contribution is 5.94. The van der Waals surface area contributed by atoms with Crippen LogP contribution in [0.3, 0.4) is 0 Å². The number of oxazole rings is 1.